The Morgan fingerprint density at radius 3 is 2.29 bits per heavy atom. The van der Waals surface area contributed by atoms with Crippen LogP contribution in [0.15, 0.2) is 18.2 Å². The minimum Gasteiger partial charge on any atom is -0.504 e. The molecule has 1 aromatic rings. The Balaban J connectivity index is 2.25. The van der Waals surface area contributed by atoms with Crippen molar-refractivity contribution in [1.29, 1.82) is 0 Å². The maximum atomic E-state index is 12.6. The van der Waals surface area contributed by atoms with Crippen LogP contribution in [0, 0.1) is 0 Å². The number of carbonyl (C=O) groups is 1. The van der Waals surface area contributed by atoms with Gasteiger partial charge in [-0.15, -0.1) is 0 Å². The van der Waals surface area contributed by atoms with Crippen LogP contribution in [0.2, 0.25) is 0 Å². The van der Waals surface area contributed by atoms with Gasteiger partial charge in [-0.05, 0) is 45.9 Å². The fourth-order valence-electron chi connectivity index (χ4n) is 2.94. The van der Waals surface area contributed by atoms with Crippen molar-refractivity contribution < 1.29 is 19.4 Å². The Labute approximate surface area is 125 Å². The first-order valence-electron chi connectivity index (χ1n) is 7.00. The standard InChI is InChI=1S/C16H23NO4/c1-15(2)9-17(10-16(3,4)21-15)14(19)11-6-7-13(20-5)12(18)8-11/h6-8,18H,9-10H2,1-5H3. The first-order chi connectivity index (χ1) is 9.63. The maximum absolute atomic E-state index is 12.6. The number of phenolic OH excluding ortho intramolecular Hbond substituents is 1. The van der Waals surface area contributed by atoms with E-state index < -0.39 is 11.2 Å². The molecule has 0 unspecified atom stereocenters. The number of amides is 1. The third kappa shape index (κ3) is 3.47. The van der Waals surface area contributed by atoms with Gasteiger partial charge in [-0.2, -0.15) is 0 Å². The van der Waals surface area contributed by atoms with E-state index in [9.17, 15) is 9.90 Å². The van der Waals surface area contributed by atoms with Crippen LogP contribution in [0.3, 0.4) is 0 Å². The molecule has 0 spiro atoms. The number of hydrogen-bond acceptors (Lipinski definition) is 4. The van der Waals surface area contributed by atoms with Crippen molar-refractivity contribution >= 4 is 5.91 Å². The molecule has 0 saturated carbocycles. The number of carbonyl (C=O) groups excluding carboxylic acids is 1. The molecule has 1 N–H and O–H groups in total. The Morgan fingerprint density at radius 2 is 1.81 bits per heavy atom. The fourth-order valence-corrected chi connectivity index (χ4v) is 2.94. The van der Waals surface area contributed by atoms with Crippen LogP contribution in [-0.2, 0) is 4.74 Å². The smallest absolute Gasteiger partial charge is 0.254 e. The van der Waals surface area contributed by atoms with Gasteiger partial charge in [-0.25, -0.2) is 0 Å². The van der Waals surface area contributed by atoms with Gasteiger partial charge in [0.05, 0.1) is 18.3 Å². The van der Waals surface area contributed by atoms with Gasteiger partial charge in [0, 0.05) is 18.7 Å². The number of phenols is 1. The van der Waals surface area contributed by atoms with Crippen LogP contribution >= 0.6 is 0 Å². The summed E-state index contributed by atoms with van der Waals surface area (Å²) in [6.45, 7) is 8.92. The summed E-state index contributed by atoms with van der Waals surface area (Å²) in [6, 6.07) is 4.70. The first kappa shape index (κ1) is 15.6. The average Bonchev–Trinajstić information content (AvgIpc) is 2.34. The summed E-state index contributed by atoms with van der Waals surface area (Å²) in [5, 5.41) is 9.82. The lowest BCUT2D eigenvalue weighted by atomic mass is 9.98. The number of hydrogen-bond donors (Lipinski definition) is 1. The molecule has 1 heterocycles. The van der Waals surface area contributed by atoms with E-state index in [1.54, 1.807) is 17.0 Å². The Morgan fingerprint density at radius 1 is 1.24 bits per heavy atom. The molecule has 0 atom stereocenters. The summed E-state index contributed by atoms with van der Waals surface area (Å²) in [7, 11) is 1.48. The number of nitrogens with zero attached hydrogens (tertiary/aromatic N) is 1. The molecular formula is C16H23NO4. The fraction of sp³-hybridized carbons (Fsp3) is 0.562. The second-order valence-electron chi connectivity index (χ2n) is 6.67. The number of morpholine rings is 1. The van der Waals surface area contributed by atoms with Crippen molar-refractivity contribution in [2.45, 2.75) is 38.9 Å². The molecule has 0 bridgehead atoms. The predicted octanol–water partition coefficient (Wildman–Crippen LogP) is 2.43. The Hall–Kier alpha value is -1.75. The zero-order chi connectivity index (χ0) is 15.8. The zero-order valence-corrected chi connectivity index (χ0v) is 13.3. The average molecular weight is 293 g/mol. The van der Waals surface area contributed by atoms with Crippen LogP contribution in [0.5, 0.6) is 11.5 Å². The van der Waals surface area contributed by atoms with Gasteiger partial charge in [0.2, 0.25) is 0 Å². The molecule has 1 saturated heterocycles. The molecular weight excluding hydrogens is 270 g/mol. The predicted molar refractivity (Wildman–Crippen MR) is 79.8 cm³/mol. The third-order valence-electron chi connectivity index (χ3n) is 3.41. The van der Waals surface area contributed by atoms with E-state index in [0.29, 0.717) is 24.4 Å². The summed E-state index contributed by atoms with van der Waals surface area (Å²) >= 11 is 0. The largest absolute Gasteiger partial charge is 0.504 e. The zero-order valence-electron chi connectivity index (χ0n) is 13.3. The molecule has 21 heavy (non-hydrogen) atoms. The van der Waals surface area contributed by atoms with Crippen LogP contribution in [0.1, 0.15) is 38.1 Å². The van der Waals surface area contributed by atoms with Gasteiger partial charge in [0.15, 0.2) is 11.5 Å². The molecule has 0 radical (unpaired) electrons. The van der Waals surface area contributed by atoms with Crippen LogP contribution in [0.4, 0.5) is 0 Å². The van der Waals surface area contributed by atoms with Gasteiger partial charge in [-0.1, -0.05) is 0 Å². The highest BCUT2D eigenvalue weighted by Gasteiger charge is 2.40. The van der Waals surface area contributed by atoms with Crippen molar-refractivity contribution in [3.63, 3.8) is 0 Å². The maximum Gasteiger partial charge on any atom is 0.254 e. The van der Waals surface area contributed by atoms with Gasteiger partial charge < -0.3 is 19.5 Å². The normalized spacial score (nSPS) is 20.1. The van der Waals surface area contributed by atoms with Crippen molar-refractivity contribution in [2.24, 2.45) is 0 Å². The summed E-state index contributed by atoms with van der Waals surface area (Å²) < 4.78 is 11.0. The summed E-state index contributed by atoms with van der Waals surface area (Å²) in [5.74, 6) is 0.210. The van der Waals surface area contributed by atoms with Crippen LogP contribution in [0.25, 0.3) is 0 Å². The first-order valence-corrected chi connectivity index (χ1v) is 7.00. The van der Waals surface area contributed by atoms with Crippen LogP contribution in [-0.4, -0.2) is 47.3 Å². The summed E-state index contributed by atoms with van der Waals surface area (Å²) in [6.07, 6.45) is 0. The molecule has 2 rings (SSSR count). The molecule has 1 aliphatic rings. The third-order valence-corrected chi connectivity index (χ3v) is 3.41. The van der Waals surface area contributed by atoms with E-state index in [4.69, 9.17) is 9.47 Å². The monoisotopic (exact) mass is 293 g/mol. The number of rotatable bonds is 2. The number of methoxy groups -OCH3 is 1. The molecule has 1 aromatic carbocycles. The van der Waals surface area contributed by atoms with Crippen molar-refractivity contribution in [2.75, 3.05) is 20.2 Å². The van der Waals surface area contributed by atoms with Crippen LogP contribution < -0.4 is 4.74 Å². The van der Waals surface area contributed by atoms with E-state index in [-0.39, 0.29) is 11.7 Å². The molecule has 116 valence electrons. The topological polar surface area (TPSA) is 59.0 Å². The van der Waals surface area contributed by atoms with E-state index >= 15 is 0 Å². The molecule has 0 aromatic heterocycles. The SMILES string of the molecule is COc1ccc(C(=O)N2CC(C)(C)OC(C)(C)C2)cc1O. The summed E-state index contributed by atoms with van der Waals surface area (Å²) in [4.78, 5) is 14.4. The molecule has 1 amide bonds. The quantitative estimate of drug-likeness (QED) is 0.910. The highest BCUT2D eigenvalue weighted by molar-refractivity contribution is 5.95. The van der Waals surface area contributed by atoms with E-state index in [2.05, 4.69) is 0 Å². The minimum atomic E-state index is -0.397. The number of ether oxygens (including phenoxy) is 2. The summed E-state index contributed by atoms with van der Waals surface area (Å²) in [5.41, 5.74) is -0.348. The van der Waals surface area contributed by atoms with Gasteiger partial charge in [0.1, 0.15) is 0 Å². The number of aromatic hydroxyl groups is 1. The lowest BCUT2D eigenvalue weighted by Crippen LogP contribution is -2.58. The molecule has 1 fully saturated rings. The van der Waals surface area contributed by atoms with E-state index in [1.807, 2.05) is 27.7 Å². The van der Waals surface area contributed by atoms with Crippen molar-refractivity contribution in [3.05, 3.63) is 23.8 Å². The second-order valence-corrected chi connectivity index (χ2v) is 6.67. The molecule has 5 heteroatoms. The molecule has 1 aliphatic heterocycles. The number of benzene rings is 1. The molecule has 0 aliphatic carbocycles. The highest BCUT2D eigenvalue weighted by Crippen LogP contribution is 2.31. The second kappa shape index (κ2) is 5.22. The van der Waals surface area contributed by atoms with Gasteiger partial charge in [0.25, 0.3) is 5.91 Å². The van der Waals surface area contributed by atoms with E-state index in [0.717, 1.165) is 0 Å². The van der Waals surface area contributed by atoms with Crippen molar-refractivity contribution in [1.82, 2.24) is 4.90 Å². The van der Waals surface area contributed by atoms with Crippen molar-refractivity contribution in [3.8, 4) is 11.5 Å². The van der Waals surface area contributed by atoms with Gasteiger partial charge in [-0.3, -0.25) is 4.79 Å². The lowest BCUT2D eigenvalue weighted by molar-refractivity contribution is -0.171. The molecule has 5 nitrogen and oxygen atoms in total. The highest BCUT2D eigenvalue weighted by atomic mass is 16.5. The lowest BCUT2D eigenvalue weighted by Gasteiger charge is -2.47. The Kier molecular flexibility index (Phi) is 3.89. The minimum absolute atomic E-state index is 0.0323. The van der Waals surface area contributed by atoms with Gasteiger partial charge >= 0.3 is 0 Å². The van der Waals surface area contributed by atoms with E-state index in [1.165, 1.54) is 13.2 Å². The Bertz CT molecular complexity index is 535.